The molecule has 1 saturated carbocycles. The van der Waals surface area contributed by atoms with Crippen molar-refractivity contribution in [3.8, 4) is 0 Å². The van der Waals surface area contributed by atoms with Gasteiger partial charge in [-0.2, -0.15) is 0 Å². The van der Waals surface area contributed by atoms with Gasteiger partial charge in [0.1, 0.15) is 0 Å². The molecular weight excluding hydrogens is 314 g/mol. The zero-order valence-electron chi connectivity index (χ0n) is 13.9. The molecule has 1 unspecified atom stereocenters. The Morgan fingerprint density at radius 1 is 1.39 bits per heavy atom. The van der Waals surface area contributed by atoms with Crippen molar-refractivity contribution in [3.63, 3.8) is 0 Å². The summed E-state index contributed by atoms with van der Waals surface area (Å²) in [5, 5.41) is 5.18. The highest BCUT2D eigenvalue weighted by atomic mass is 32.2. The quantitative estimate of drug-likeness (QED) is 0.812. The molecule has 1 amide bonds. The Bertz CT molecular complexity index is 671. The molecular formula is C16H25N3O3S. The monoisotopic (exact) mass is 339 g/mol. The van der Waals surface area contributed by atoms with Crippen LogP contribution in [0.3, 0.4) is 0 Å². The molecule has 1 aromatic carbocycles. The van der Waals surface area contributed by atoms with E-state index >= 15 is 0 Å². The van der Waals surface area contributed by atoms with Crippen LogP contribution < -0.4 is 5.14 Å². The van der Waals surface area contributed by atoms with E-state index in [1.807, 2.05) is 36.8 Å². The van der Waals surface area contributed by atoms with Crippen LogP contribution in [0.2, 0.25) is 0 Å². The highest BCUT2D eigenvalue weighted by molar-refractivity contribution is 7.89. The van der Waals surface area contributed by atoms with E-state index < -0.39 is 10.0 Å². The maximum absolute atomic E-state index is 12.4. The van der Waals surface area contributed by atoms with Gasteiger partial charge in [-0.25, -0.2) is 13.6 Å². The van der Waals surface area contributed by atoms with Gasteiger partial charge >= 0.3 is 0 Å². The summed E-state index contributed by atoms with van der Waals surface area (Å²) in [6, 6.07) is 6.88. The molecule has 0 spiro atoms. The van der Waals surface area contributed by atoms with Gasteiger partial charge in [0.15, 0.2) is 0 Å². The second-order valence-electron chi connectivity index (χ2n) is 6.12. The molecule has 2 rings (SSSR count). The van der Waals surface area contributed by atoms with E-state index in [-0.39, 0.29) is 16.8 Å². The van der Waals surface area contributed by atoms with Gasteiger partial charge in [0.05, 0.1) is 11.4 Å². The minimum Gasteiger partial charge on any atom is -0.339 e. The molecule has 1 aliphatic rings. The Morgan fingerprint density at radius 3 is 2.57 bits per heavy atom. The van der Waals surface area contributed by atoms with Gasteiger partial charge in [-0.1, -0.05) is 12.1 Å². The van der Waals surface area contributed by atoms with Crippen molar-refractivity contribution in [2.45, 2.75) is 43.7 Å². The van der Waals surface area contributed by atoms with Crippen molar-refractivity contribution in [3.05, 3.63) is 29.8 Å². The van der Waals surface area contributed by atoms with Crippen LogP contribution in [0.25, 0.3) is 0 Å². The Morgan fingerprint density at radius 2 is 2.04 bits per heavy atom. The van der Waals surface area contributed by atoms with E-state index in [1.165, 1.54) is 6.07 Å². The van der Waals surface area contributed by atoms with E-state index in [9.17, 15) is 13.2 Å². The van der Waals surface area contributed by atoms with Gasteiger partial charge in [0.2, 0.25) is 15.9 Å². The molecule has 1 aromatic rings. The number of rotatable bonds is 7. The Kier molecular flexibility index (Phi) is 5.44. The number of sulfonamides is 1. The summed E-state index contributed by atoms with van der Waals surface area (Å²) < 4.78 is 22.9. The van der Waals surface area contributed by atoms with E-state index in [0.29, 0.717) is 12.6 Å². The molecule has 1 atom stereocenters. The zero-order valence-corrected chi connectivity index (χ0v) is 14.7. The molecule has 0 heterocycles. The highest BCUT2D eigenvalue weighted by Crippen LogP contribution is 2.27. The predicted octanol–water partition coefficient (Wildman–Crippen LogP) is 1.34. The summed E-state index contributed by atoms with van der Waals surface area (Å²) in [5.74, 6) is 0.118. The minimum atomic E-state index is -3.72. The number of hydrogen-bond donors (Lipinski definition) is 1. The Labute approximate surface area is 138 Å². The summed E-state index contributed by atoms with van der Waals surface area (Å²) in [4.78, 5) is 16.3. The lowest BCUT2D eigenvalue weighted by atomic mass is 10.1. The van der Waals surface area contributed by atoms with Crippen LogP contribution in [0, 0.1) is 0 Å². The second-order valence-corrected chi connectivity index (χ2v) is 7.68. The molecule has 1 fully saturated rings. The van der Waals surface area contributed by atoms with Gasteiger partial charge in [0.25, 0.3) is 0 Å². The minimum absolute atomic E-state index is 0.0847. The number of amides is 1. The molecule has 0 aromatic heterocycles. The number of nitrogens with two attached hydrogens (primary N) is 1. The van der Waals surface area contributed by atoms with Crippen LogP contribution in [0.15, 0.2) is 29.2 Å². The van der Waals surface area contributed by atoms with Crippen molar-refractivity contribution in [1.29, 1.82) is 0 Å². The predicted molar refractivity (Wildman–Crippen MR) is 89.3 cm³/mol. The smallest absolute Gasteiger partial charge is 0.238 e. The topological polar surface area (TPSA) is 83.7 Å². The number of carbonyl (C=O) groups is 1. The molecule has 0 bridgehead atoms. The van der Waals surface area contributed by atoms with Gasteiger partial charge < -0.3 is 4.90 Å². The van der Waals surface area contributed by atoms with Crippen LogP contribution in [-0.2, 0) is 14.8 Å². The fourth-order valence-electron chi connectivity index (χ4n) is 2.67. The van der Waals surface area contributed by atoms with Crippen molar-refractivity contribution in [2.75, 3.05) is 20.1 Å². The average molecular weight is 339 g/mol. The first-order valence-corrected chi connectivity index (χ1v) is 9.41. The first-order chi connectivity index (χ1) is 10.7. The van der Waals surface area contributed by atoms with Crippen LogP contribution in [0.5, 0.6) is 0 Å². The fourth-order valence-corrected chi connectivity index (χ4v) is 3.24. The van der Waals surface area contributed by atoms with Crippen molar-refractivity contribution in [2.24, 2.45) is 5.14 Å². The third kappa shape index (κ3) is 4.53. The lowest BCUT2D eigenvalue weighted by Gasteiger charge is -2.28. The molecule has 7 heteroatoms. The molecule has 0 radical (unpaired) electrons. The second kappa shape index (κ2) is 6.98. The Balaban J connectivity index is 2.07. The third-order valence-electron chi connectivity index (χ3n) is 4.36. The van der Waals surface area contributed by atoms with E-state index in [0.717, 1.165) is 24.9 Å². The standard InChI is InChI=1S/C16H25N3O3S/c1-4-19(14-8-9-14)16(20)11-18(3)12(2)13-6-5-7-15(10-13)23(17,21)22/h5-7,10,12,14H,4,8-9,11H2,1-3H3,(H2,17,21,22). The summed E-state index contributed by atoms with van der Waals surface area (Å²) >= 11 is 0. The largest absolute Gasteiger partial charge is 0.339 e. The molecule has 0 saturated heterocycles. The van der Waals surface area contributed by atoms with Crippen LogP contribution in [0.1, 0.15) is 38.3 Å². The molecule has 6 nitrogen and oxygen atoms in total. The number of benzene rings is 1. The number of hydrogen-bond acceptors (Lipinski definition) is 4. The van der Waals surface area contributed by atoms with Gasteiger partial charge in [-0.05, 0) is 51.4 Å². The molecule has 0 aliphatic heterocycles. The number of primary sulfonamides is 1. The molecule has 2 N–H and O–H groups in total. The third-order valence-corrected chi connectivity index (χ3v) is 5.27. The Hall–Kier alpha value is -1.44. The van der Waals surface area contributed by atoms with E-state index in [1.54, 1.807) is 12.1 Å². The van der Waals surface area contributed by atoms with Crippen LogP contribution >= 0.6 is 0 Å². The lowest BCUT2D eigenvalue weighted by molar-refractivity contribution is -0.132. The lowest BCUT2D eigenvalue weighted by Crippen LogP contribution is -2.40. The van der Waals surface area contributed by atoms with Crippen LogP contribution in [0.4, 0.5) is 0 Å². The van der Waals surface area contributed by atoms with E-state index in [4.69, 9.17) is 5.14 Å². The number of carbonyl (C=O) groups excluding carboxylic acids is 1. The summed E-state index contributed by atoms with van der Waals surface area (Å²) in [7, 11) is -1.85. The molecule has 1 aliphatic carbocycles. The SMILES string of the molecule is CCN(C(=O)CN(C)C(C)c1cccc(S(N)(=O)=O)c1)C1CC1. The van der Waals surface area contributed by atoms with Crippen LogP contribution in [-0.4, -0.2) is 50.3 Å². The maximum Gasteiger partial charge on any atom is 0.238 e. The van der Waals surface area contributed by atoms with Gasteiger partial charge in [0, 0.05) is 18.6 Å². The normalized spacial score (nSPS) is 16.4. The molecule has 23 heavy (non-hydrogen) atoms. The average Bonchev–Trinajstić information content (AvgIpc) is 3.31. The first-order valence-electron chi connectivity index (χ1n) is 7.86. The van der Waals surface area contributed by atoms with Gasteiger partial charge in [-0.15, -0.1) is 0 Å². The van der Waals surface area contributed by atoms with E-state index in [2.05, 4.69) is 0 Å². The molecule has 128 valence electrons. The van der Waals surface area contributed by atoms with Crippen molar-refractivity contribution >= 4 is 15.9 Å². The maximum atomic E-state index is 12.4. The van der Waals surface area contributed by atoms with Gasteiger partial charge in [-0.3, -0.25) is 9.69 Å². The summed E-state index contributed by atoms with van der Waals surface area (Å²) in [6.07, 6.45) is 2.19. The number of nitrogens with zero attached hydrogens (tertiary/aromatic N) is 2. The summed E-state index contributed by atoms with van der Waals surface area (Å²) in [5.41, 5.74) is 0.821. The van der Waals surface area contributed by atoms with Crippen molar-refractivity contribution < 1.29 is 13.2 Å². The highest BCUT2D eigenvalue weighted by Gasteiger charge is 2.32. The zero-order chi connectivity index (χ0) is 17.2. The first kappa shape index (κ1) is 17.9. The summed E-state index contributed by atoms with van der Waals surface area (Å²) in [6.45, 7) is 4.98. The number of likely N-dealkylation sites (N-methyl/N-ethyl adjacent to an activating group) is 2. The van der Waals surface area contributed by atoms with Crippen molar-refractivity contribution in [1.82, 2.24) is 9.80 Å². The fraction of sp³-hybridized carbons (Fsp3) is 0.562.